The number of ether oxygens (including phenoxy) is 1. The molecule has 0 saturated carbocycles. The predicted octanol–water partition coefficient (Wildman–Crippen LogP) is 3.85. The van der Waals surface area contributed by atoms with Gasteiger partial charge < -0.3 is 10.1 Å². The molecule has 0 aliphatic rings. The minimum atomic E-state index is -0.441. The van der Waals surface area contributed by atoms with Crippen LogP contribution in [0.1, 0.15) is 18.1 Å². The van der Waals surface area contributed by atoms with Crippen LogP contribution in [0.25, 0.3) is 0 Å². The van der Waals surface area contributed by atoms with Crippen molar-refractivity contribution in [2.45, 2.75) is 25.7 Å². The van der Waals surface area contributed by atoms with E-state index in [2.05, 4.69) is 10.3 Å². The van der Waals surface area contributed by atoms with Gasteiger partial charge in [-0.05, 0) is 32.0 Å². The summed E-state index contributed by atoms with van der Waals surface area (Å²) in [5.41, 5.74) is 2.62. The Labute approximate surface area is 156 Å². The molecular weight excluding hydrogens is 360 g/mol. The lowest BCUT2D eigenvalue weighted by atomic mass is 10.2. The molecule has 0 aliphatic heterocycles. The van der Waals surface area contributed by atoms with Crippen LogP contribution in [-0.4, -0.2) is 27.9 Å². The molecule has 132 valence electrons. The van der Waals surface area contributed by atoms with Crippen LogP contribution in [-0.2, 0) is 20.9 Å². The molecule has 0 fully saturated rings. The molecular formula is C18H19ClN2O3S. The first kappa shape index (κ1) is 19.3. The molecule has 0 bridgehead atoms. The molecule has 1 N–H and O–H groups in total. The number of rotatable bonds is 7. The molecule has 1 atom stereocenters. The maximum atomic E-state index is 12.0. The molecule has 0 spiro atoms. The van der Waals surface area contributed by atoms with E-state index in [1.807, 2.05) is 31.2 Å². The molecule has 1 unspecified atom stereocenters. The molecule has 7 heteroatoms. The fraction of sp³-hybridized carbons (Fsp3) is 0.278. The largest absolute Gasteiger partial charge is 0.460 e. The van der Waals surface area contributed by atoms with Crippen LogP contribution in [0.3, 0.4) is 0 Å². The molecule has 2 aromatic rings. The van der Waals surface area contributed by atoms with E-state index in [9.17, 15) is 9.59 Å². The number of anilines is 1. The summed E-state index contributed by atoms with van der Waals surface area (Å²) < 4.78 is 5.22. The van der Waals surface area contributed by atoms with E-state index in [1.165, 1.54) is 11.8 Å². The molecule has 1 heterocycles. The Morgan fingerprint density at radius 1 is 1.24 bits per heavy atom. The highest BCUT2D eigenvalue weighted by Crippen LogP contribution is 2.15. The number of hydrogen-bond donors (Lipinski definition) is 1. The Hall–Kier alpha value is -2.05. The summed E-state index contributed by atoms with van der Waals surface area (Å²) in [5, 5.41) is 2.74. The summed E-state index contributed by atoms with van der Waals surface area (Å²) in [6, 6.07) is 10.9. The Bertz CT molecular complexity index is 720. The summed E-state index contributed by atoms with van der Waals surface area (Å²) in [4.78, 5) is 27.8. The summed E-state index contributed by atoms with van der Waals surface area (Å²) in [6.45, 7) is 3.82. The van der Waals surface area contributed by atoms with E-state index in [4.69, 9.17) is 16.3 Å². The SMILES string of the molecule is Cc1ccc(NC(=O)CSC(C)C(=O)OCc2ccc(Cl)nc2)cc1. The third-order valence-corrected chi connectivity index (χ3v) is 4.65. The minimum Gasteiger partial charge on any atom is -0.460 e. The van der Waals surface area contributed by atoms with Gasteiger partial charge in [-0.2, -0.15) is 0 Å². The normalized spacial score (nSPS) is 11.6. The summed E-state index contributed by atoms with van der Waals surface area (Å²) in [6.07, 6.45) is 1.56. The van der Waals surface area contributed by atoms with Gasteiger partial charge in [-0.25, -0.2) is 4.98 Å². The lowest BCUT2D eigenvalue weighted by molar-refractivity contribution is -0.143. The van der Waals surface area contributed by atoms with Gasteiger partial charge >= 0.3 is 5.97 Å². The zero-order valence-corrected chi connectivity index (χ0v) is 15.6. The van der Waals surface area contributed by atoms with E-state index in [-0.39, 0.29) is 24.2 Å². The van der Waals surface area contributed by atoms with Crippen molar-refractivity contribution >= 4 is 40.9 Å². The lowest BCUT2D eigenvalue weighted by Crippen LogP contribution is -2.21. The van der Waals surface area contributed by atoms with Gasteiger partial charge in [0.2, 0.25) is 5.91 Å². The van der Waals surface area contributed by atoms with Crippen LogP contribution < -0.4 is 5.32 Å². The maximum Gasteiger partial charge on any atom is 0.319 e. The average molecular weight is 379 g/mol. The second-order valence-corrected chi connectivity index (χ2v) is 7.18. The van der Waals surface area contributed by atoms with E-state index in [0.717, 1.165) is 16.8 Å². The number of esters is 1. The topological polar surface area (TPSA) is 68.3 Å². The fourth-order valence-electron chi connectivity index (χ4n) is 1.87. The number of pyridine rings is 1. The highest BCUT2D eigenvalue weighted by Gasteiger charge is 2.17. The molecule has 2 rings (SSSR count). The number of carbonyl (C=O) groups excluding carboxylic acids is 2. The Kier molecular flexibility index (Phi) is 7.28. The summed E-state index contributed by atoms with van der Waals surface area (Å²) >= 11 is 6.93. The van der Waals surface area contributed by atoms with Crippen LogP contribution in [0.15, 0.2) is 42.6 Å². The number of aryl methyl sites for hydroxylation is 1. The summed E-state index contributed by atoms with van der Waals surface area (Å²) in [5.74, 6) is -0.356. The van der Waals surface area contributed by atoms with Crippen LogP contribution in [0.4, 0.5) is 5.69 Å². The van der Waals surface area contributed by atoms with Gasteiger partial charge in [0.1, 0.15) is 17.0 Å². The first-order valence-electron chi connectivity index (χ1n) is 7.69. The van der Waals surface area contributed by atoms with Crippen molar-refractivity contribution in [2.24, 2.45) is 0 Å². The molecule has 1 aromatic carbocycles. The number of hydrogen-bond acceptors (Lipinski definition) is 5. The number of halogens is 1. The van der Waals surface area contributed by atoms with Crippen molar-refractivity contribution in [1.29, 1.82) is 0 Å². The van der Waals surface area contributed by atoms with Gasteiger partial charge in [0, 0.05) is 17.4 Å². The Balaban J connectivity index is 1.72. The molecule has 25 heavy (non-hydrogen) atoms. The van der Waals surface area contributed by atoms with E-state index in [1.54, 1.807) is 25.3 Å². The maximum absolute atomic E-state index is 12.0. The van der Waals surface area contributed by atoms with Gasteiger partial charge in [-0.3, -0.25) is 9.59 Å². The van der Waals surface area contributed by atoms with E-state index >= 15 is 0 Å². The van der Waals surface area contributed by atoms with Crippen molar-refractivity contribution in [3.05, 3.63) is 58.9 Å². The molecule has 0 aliphatic carbocycles. The number of nitrogens with zero attached hydrogens (tertiary/aromatic N) is 1. The molecule has 1 amide bonds. The second kappa shape index (κ2) is 9.44. The average Bonchev–Trinajstić information content (AvgIpc) is 2.61. The number of benzene rings is 1. The van der Waals surface area contributed by atoms with Crippen LogP contribution >= 0.6 is 23.4 Å². The highest BCUT2D eigenvalue weighted by molar-refractivity contribution is 8.01. The zero-order valence-electron chi connectivity index (χ0n) is 14.0. The second-order valence-electron chi connectivity index (χ2n) is 5.46. The molecule has 0 radical (unpaired) electrons. The van der Waals surface area contributed by atoms with Crippen molar-refractivity contribution in [3.63, 3.8) is 0 Å². The summed E-state index contributed by atoms with van der Waals surface area (Å²) in [7, 11) is 0. The zero-order chi connectivity index (χ0) is 18.2. The first-order chi connectivity index (χ1) is 11.9. The smallest absolute Gasteiger partial charge is 0.319 e. The molecule has 5 nitrogen and oxygen atoms in total. The standard InChI is InChI=1S/C18H19ClN2O3S/c1-12-3-6-15(7-4-12)21-17(22)11-25-13(2)18(23)24-10-14-5-8-16(19)20-9-14/h3-9,13H,10-11H2,1-2H3,(H,21,22). The third-order valence-electron chi connectivity index (χ3n) is 3.30. The minimum absolute atomic E-state index is 0.128. The van der Waals surface area contributed by atoms with Crippen LogP contribution in [0, 0.1) is 6.92 Å². The number of carbonyl (C=O) groups is 2. The van der Waals surface area contributed by atoms with Crippen molar-refractivity contribution in [1.82, 2.24) is 4.98 Å². The van der Waals surface area contributed by atoms with Gasteiger partial charge in [0.25, 0.3) is 0 Å². The monoisotopic (exact) mass is 378 g/mol. The molecule has 1 aromatic heterocycles. The van der Waals surface area contributed by atoms with Gasteiger partial charge in [0.15, 0.2) is 0 Å². The number of thioether (sulfide) groups is 1. The fourth-order valence-corrected chi connectivity index (χ4v) is 2.66. The lowest BCUT2D eigenvalue weighted by Gasteiger charge is -2.11. The number of aromatic nitrogens is 1. The quantitative estimate of drug-likeness (QED) is 0.585. The number of amides is 1. The van der Waals surface area contributed by atoms with Gasteiger partial charge in [-0.15, -0.1) is 11.8 Å². The Morgan fingerprint density at radius 3 is 2.60 bits per heavy atom. The Morgan fingerprint density at radius 2 is 1.96 bits per heavy atom. The number of nitrogens with one attached hydrogen (secondary N) is 1. The van der Waals surface area contributed by atoms with E-state index in [0.29, 0.717) is 5.15 Å². The van der Waals surface area contributed by atoms with E-state index < -0.39 is 5.25 Å². The highest BCUT2D eigenvalue weighted by atomic mass is 35.5. The molecule has 0 saturated heterocycles. The van der Waals surface area contributed by atoms with Gasteiger partial charge in [-0.1, -0.05) is 35.4 Å². The van der Waals surface area contributed by atoms with Crippen LogP contribution in [0.5, 0.6) is 0 Å². The van der Waals surface area contributed by atoms with Crippen molar-refractivity contribution in [3.8, 4) is 0 Å². The first-order valence-corrected chi connectivity index (χ1v) is 9.12. The van der Waals surface area contributed by atoms with Gasteiger partial charge in [0.05, 0.1) is 5.75 Å². The predicted molar refractivity (Wildman–Crippen MR) is 101 cm³/mol. The van der Waals surface area contributed by atoms with Crippen LogP contribution in [0.2, 0.25) is 5.15 Å². The third kappa shape index (κ3) is 6.76. The van der Waals surface area contributed by atoms with Crippen molar-refractivity contribution in [2.75, 3.05) is 11.1 Å². The van der Waals surface area contributed by atoms with Crippen molar-refractivity contribution < 1.29 is 14.3 Å².